The highest BCUT2D eigenvalue weighted by molar-refractivity contribution is 5.89. The molecule has 1 heterocycles. The molecule has 1 amide bonds. The lowest BCUT2D eigenvalue weighted by Crippen LogP contribution is -2.33. The number of esters is 1. The fourth-order valence-corrected chi connectivity index (χ4v) is 2.63. The number of aromatic nitrogens is 2. The van der Waals surface area contributed by atoms with Crippen LogP contribution < -0.4 is 5.32 Å². The van der Waals surface area contributed by atoms with Gasteiger partial charge in [0.05, 0.1) is 12.2 Å². The number of carbonyl (C=O) groups is 2. The summed E-state index contributed by atoms with van der Waals surface area (Å²) in [5.41, 5.74) is 2.15. The van der Waals surface area contributed by atoms with Crippen LogP contribution in [0, 0.1) is 0 Å². The summed E-state index contributed by atoms with van der Waals surface area (Å²) in [6.45, 7) is -0.381. The molecule has 0 fully saturated rings. The van der Waals surface area contributed by atoms with Gasteiger partial charge in [-0.1, -0.05) is 60.7 Å². The van der Waals surface area contributed by atoms with Gasteiger partial charge in [0.2, 0.25) is 0 Å². The van der Waals surface area contributed by atoms with Crippen molar-refractivity contribution in [3.63, 3.8) is 0 Å². The first kappa shape index (κ1) is 18.3. The van der Waals surface area contributed by atoms with Crippen LogP contribution in [0.1, 0.15) is 27.7 Å². The van der Waals surface area contributed by atoms with Crippen LogP contribution >= 0.6 is 0 Å². The van der Waals surface area contributed by atoms with Gasteiger partial charge in [0.15, 0.2) is 12.3 Å². The van der Waals surface area contributed by atoms with E-state index in [1.807, 2.05) is 60.7 Å². The highest BCUT2D eigenvalue weighted by Crippen LogP contribution is 2.18. The van der Waals surface area contributed by atoms with Crippen molar-refractivity contribution in [1.29, 1.82) is 0 Å². The Morgan fingerprint density at radius 3 is 2.33 bits per heavy atom. The van der Waals surface area contributed by atoms with E-state index in [1.165, 1.54) is 18.6 Å². The molecule has 0 spiro atoms. The van der Waals surface area contributed by atoms with Gasteiger partial charge >= 0.3 is 5.97 Å². The molecular weight excluding hydrogens is 342 g/mol. The summed E-state index contributed by atoms with van der Waals surface area (Å²) in [4.78, 5) is 31.9. The van der Waals surface area contributed by atoms with Gasteiger partial charge in [0.1, 0.15) is 0 Å². The molecule has 1 aromatic heterocycles. The number of ether oxygens (including phenoxy) is 1. The predicted molar refractivity (Wildman–Crippen MR) is 99.8 cm³/mol. The maximum absolute atomic E-state index is 12.3. The lowest BCUT2D eigenvalue weighted by Gasteiger charge is -2.19. The summed E-state index contributed by atoms with van der Waals surface area (Å²) >= 11 is 0. The SMILES string of the molecule is O=C(COC(=O)c1cnccn1)N[C@@H](Cc1ccccc1)c1ccccc1. The topological polar surface area (TPSA) is 81.2 Å². The number of nitrogens with one attached hydrogen (secondary N) is 1. The van der Waals surface area contributed by atoms with Gasteiger partial charge in [-0.3, -0.25) is 9.78 Å². The van der Waals surface area contributed by atoms with Crippen molar-refractivity contribution in [3.05, 3.63) is 96.1 Å². The van der Waals surface area contributed by atoms with Gasteiger partial charge in [-0.15, -0.1) is 0 Å². The number of hydrogen-bond acceptors (Lipinski definition) is 5. The van der Waals surface area contributed by atoms with E-state index in [2.05, 4.69) is 15.3 Å². The van der Waals surface area contributed by atoms with Crippen molar-refractivity contribution in [3.8, 4) is 0 Å². The zero-order chi connectivity index (χ0) is 18.9. The zero-order valence-corrected chi connectivity index (χ0v) is 14.6. The lowest BCUT2D eigenvalue weighted by atomic mass is 9.99. The minimum absolute atomic E-state index is 0.0641. The van der Waals surface area contributed by atoms with Crippen molar-refractivity contribution < 1.29 is 14.3 Å². The van der Waals surface area contributed by atoms with Crippen LogP contribution in [0.15, 0.2) is 79.3 Å². The number of rotatable bonds is 7. The number of nitrogens with zero attached hydrogens (tertiary/aromatic N) is 2. The highest BCUT2D eigenvalue weighted by atomic mass is 16.5. The van der Waals surface area contributed by atoms with E-state index in [0.717, 1.165) is 11.1 Å². The fraction of sp³-hybridized carbons (Fsp3) is 0.143. The van der Waals surface area contributed by atoms with Crippen molar-refractivity contribution in [1.82, 2.24) is 15.3 Å². The molecule has 0 radical (unpaired) electrons. The Labute approximate surface area is 157 Å². The van der Waals surface area contributed by atoms with E-state index >= 15 is 0 Å². The van der Waals surface area contributed by atoms with Crippen LogP contribution in [0.5, 0.6) is 0 Å². The number of amides is 1. The van der Waals surface area contributed by atoms with E-state index in [4.69, 9.17) is 4.74 Å². The van der Waals surface area contributed by atoms with Crippen molar-refractivity contribution in [2.45, 2.75) is 12.5 Å². The van der Waals surface area contributed by atoms with Crippen LogP contribution in [0.4, 0.5) is 0 Å². The van der Waals surface area contributed by atoms with Crippen LogP contribution in [0.3, 0.4) is 0 Å². The average Bonchev–Trinajstić information content (AvgIpc) is 2.73. The third-order valence-corrected chi connectivity index (χ3v) is 3.93. The Morgan fingerprint density at radius 1 is 0.963 bits per heavy atom. The molecule has 27 heavy (non-hydrogen) atoms. The Morgan fingerprint density at radius 2 is 1.67 bits per heavy atom. The second-order valence-corrected chi connectivity index (χ2v) is 5.89. The van der Waals surface area contributed by atoms with Crippen LogP contribution in [-0.4, -0.2) is 28.5 Å². The summed E-state index contributed by atoms with van der Waals surface area (Å²) in [5, 5.41) is 2.94. The Kier molecular flexibility index (Phi) is 6.25. The van der Waals surface area contributed by atoms with Crippen molar-refractivity contribution >= 4 is 11.9 Å². The van der Waals surface area contributed by atoms with Crippen LogP contribution in [0.2, 0.25) is 0 Å². The molecule has 0 saturated heterocycles. The maximum Gasteiger partial charge on any atom is 0.359 e. The summed E-state index contributed by atoms with van der Waals surface area (Å²) in [6, 6.07) is 19.4. The van der Waals surface area contributed by atoms with E-state index in [-0.39, 0.29) is 24.2 Å². The first-order valence-electron chi connectivity index (χ1n) is 8.54. The van der Waals surface area contributed by atoms with E-state index < -0.39 is 5.97 Å². The molecule has 0 aliphatic rings. The van der Waals surface area contributed by atoms with Gasteiger partial charge in [0, 0.05) is 12.4 Å². The normalized spacial score (nSPS) is 11.4. The van der Waals surface area contributed by atoms with Crippen molar-refractivity contribution in [2.75, 3.05) is 6.61 Å². The molecule has 136 valence electrons. The molecule has 1 N–H and O–H groups in total. The molecule has 0 aliphatic heterocycles. The Balaban J connectivity index is 1.63. The predicted octanol–water partition coefficient (Wildman–Crippen LogP) is 2.73. The van der Waals surface area contributed by atoms with Crippen LogP contribution in [0.25, 0.3) is 0 Å². The summed E-state index contributed by atoms with van der Waals surface area (Å²) in [5.74, 6) is -1.06. The highest BCUT2D eigenvalue weighted by Gasteiger charge is 2.17. The second-order valence-electron chi connectivity index (χ2n) is 5.89. The van der Waals surface area contributed by atoms with E-state index in [0.29, 0.717) is 6.42 Å². The van der Waals surface area contributed by atoms with Crippen molar-refractivity contribution in [2.24, 2.45) is 0 Å². The number of carbonyl (C=O) groups excluding carboxylic acids is 2. The van der Waals surface area contributed by atoms with Gasteiger partial charge < -0.3 is 10.1 Å². The quantitative estimate of drug-likeness (QED) is 0.655. The van der Waals surface area contributed by atoms with Gasteiger partial charge in [-0.25, -0.2) is 9.78 Å². The zero-order valence-electron chi connectivity index (χ0n) is 14.6. The summed E-state index contributed by atoms with van der Waals surface area (Å²) < 4.78 is 5.02. The third-order valence-electron chi connectivity index (χ3n) is 3.93. The number of benzene rings is 2. The third kappa shape index (κ3) is 5.47. The first-order chi connectivity index (χ1) is 13.2. The molecule has 0 aliphatic carbocycles. The maximum atomic E-state index is 12.3. The molecule has 0 unspecified atom stereocenters. The first-order valence-corrected chi connectivity index (χ1v) is 8.54. The molecule has 0 bridgehead atoms. The van der Waals surface area contributed by atoms with Gasteiger partial charge in [-0.2, -0.15) is 0 Å². The lowest BCUT2D eigenvalue weighted by molar-refractivity contribution is -0.125. The number of hydrogen-bond donors (Lipinski definition) is 1. The van der Waals surface area contributed by atoms with Gasteiger partial charge in [-0.05, 0) is 17.5 Å². The molecule has 1 atom stereocenters. The minimum Gasteiger partial charge on any atom is -0.451 e. The molecule has 6 nitrogen and oxygen atoms in total. The second kappa shape index (κ2) is 9.24. The molecular formula is C21H19N3O3. The summed E-state index contributed by atoms with van der Waals surface area (Å²) in [7, 11) is 0. The monoisotopic (exact) mass is 361 g/mol. The molecule has 3 aromatic rings. The standard InChI is InChI=1S/C21H19N3O3/c25-20(15-27-21(26)19-14-22-11-12-23-19)24-18(17-9-5-2-6-10-17)13-16-7-3-1-4-8-16/h1-12,14,18H,13,15H2,(H,24,25)/t18-/m0/s1. The molecule has 3 rings (SSSR count). The average molecular weight is 361 g/mol. The molecule has 6 heteroatoms. The summed E-state index contributed by atoms with van der Waals surface area (Å²) in [6.07, 6.45) is 4.77. The molecule has 2 aromatic carbocycles. The molecule has 0 saturated carbocycles. The van der Waals surface area contributed by atoms with E-state index in [9.17, 15) is 9.59 Å². The fourth-order valence-electron chi connectivity index (χ4n) is 2.63. The van der Waals surface area contributed by atoms with Gasteiger partial charge in [0.25, 0.3) is 5.91 Å². The smallest absolute Gasteiger partial charge is 0.359 e. The van der Waals surface area contributed by atoms with Crippen LogP contribution in [-0.2, 0) is 16.0 Å². The Bertz CT molecular complexity index is 871. The Hall–Kier alpha value is -3.54. The van der Waals surface area contributed by atoms with E-state index in [1.54, 1.807) is 0 Å². The largest absolute Gasteiger partial charge is 0.451 e. The minimum atomic E-state index is -0.683.